The Morgan fingerprint density at radius 1 is 1.10 bits per heavy atom. The molecule has 1 aliphatic rings. The molecule has 0 radical (unpaired) electrons. The number of nitrogens with one attached hydrogen (secondary N) is 1. The zero-order valence-corrected chi connectivity index (χ0v) is 14.0. The van der Waals surface area contributed by atoms with Gasteiger partial charge in [0.15, 0.2) is 0 Å². The summed E-state index contributed by atoms with van der Waals surface area (Å²) in [5, 5.41) is 2.89. The molecule has 0 bridgehead atoms. The highest BCUT2D eigenvalue weighted by Crippen LogP contribution is 2.39. The fraction of sp³-hybridized carbons (Fsp3) is 0.647. The molecule has 0 aliphatic carbocycles. The van der Waals surface area contributed by atoms with Crippen molar-refractivity contribution in [2.24, 2.45) is 0 Å². The fourth-order valence-corrected chi connectivity index (χ4v) is 3.16. The SMILES string of the molecule is C=C(C)C(=O)NCC1(C)CCCC(C)(C)N1C(=O)C(=C)C. The summed E-state index contributed by atoms with van der Waals surface area (Å²) in [6, 6.07) is 0. The van der Waals surface area contributed by atoms with Crippen LogP contribution in [0.2, 0.25) is 0 Å². The van der Waals surface area contributed by atoms with Crippen molar-refractivity contribution in [2.45, 2.75) is 65.0 Å². The average molecular weight is 292 g/mol. The molecule has 1 saturated heterocycles. The van der Waals surface area contributed by atoms with E-state index in [2.05, 4.69) is 32.3 Å². The van der Waals surface area contributed by atoms with E-state index in [1.165, 1.54) is 0 Å². The lowest BCUT2D eigenvalue weighted by atomic mass is 9.78. The third-order valence-corrected chi connectivity index (χ3v) is 4.23. The Morgan fingerprint density at radius 3 is 2.14 bits per heavy atom. The summed E-state index contributed by atoms with van der Waals surface area (Å²) in [7, 11) is 0. The van der Waals surface area contributed by atoms with Crippen LogP contribution in [0.25, 0.3) is 0 Å². The maximum absolute atomic E-state index is 12.6. The van der Waals surface area contributed by atoms with Crippen LogP contribution in [-0.2, 0) is 9.59 Å². The first-order valence-corrected chi connectivity index (χ1v) is 7.45. The van der Waals surface area contributed by atoms with Gasteiger partial charge in [-0.15, -0.1) is 0 Å². The minimum absolute atomic E-state index is 0.0354. The number of hydrogen-bond acceptors (Lipinski definition) is 2. The second-order valence-corrected chi connectivity index (χ2v) is 7.05. The van der Waals surface area contributed by atoms with E-state index in [4.69, 9.17) is 0 Å². The predicted octanol–water partition coefficient (Wildman–Crippen LogP) is 2.80. The van der Waals surface area contributed by atoms with Crippen molar-refractivity contribution in [1.82, 2.24) is 10.2 Å². The van der Waals surface area contributed by atoms with Crippen LogP contribution >= 0.6 is 0 Å². The lowest BCUT2D eigenvalue weighted by molar-refractivity contribution is -0.146. The minimum atomic E-state index is -0.400. The average Bonchev–Trinajstić information content (AvgIpc) is 2.34. The van der Waals surface area contributed by atoms with Crippen molar-refractivity contribution in [3.05, 3.63) is 24.3 Å². The highest BCUT2D eigenvalue weighted by Gasteiger charge is 2.46. The molecule has 4 nitrogen and oxygen atoms in total. The van der Waals surface area contributed by atoms with Gasteiger partial charge in [0.2, 0.25) is 11.8 Å². The van der Waals surface area contributed by atoms with Crippen LogP contribution in [-0.4, -0.2) is 34.3 Å². The van der Waals surface area contributed by atoms with E-state index in [0.29, 0.717) is 17.7 Å². The normalized spacial score (nSPS) is 24.3. The molecule has 1 rings (SSSR count). The molecule has 1 N–H and O–H groups in total. The molecule has 2 amide bonds. The molecule has 0 aromatic heterocycles. The molecule has 0 spiro atoms. The first-order valence-electron chi connectivity index (χ1n) is 7.45. The van der Waals surface area contributed by atoms with Gasteiger partial charge in [-0.05, 0) is 53.9 Å². The minimum Gasteiger partial charge on any atom is -0.350 e. The Bertz CT molecular complexity index is 479. The van der Waals surface area contributed by atoms with Crippen molar-refractivity contribution < 1.29 is 9.59 Å². The van der Waals surface area contributed by atoms with Gasteiger partial charge in [0.25, 0.3) is 0 Å². The lowest BCUT2D eigenvalue weighted by Crippen LogP contribution is -2.65. The second kappa shape index (κ2) is 6.04. The molecule has 0 saturated carbocycles. The maximum atomic E-state index is 12.6. The Balaban J connectivity index is 3.04. The Labute approximate surface area is 128 Å². The number of carbonyl (C=O) groups excluding carboxylic acids is 2. The van der Waals surface area contributed by atoms with Crippen LogP contribution in [0.15, 0.2) is 24.3 Å². The zero-order chi connectivity index (χ0) is 16.4. The summed E-state index contributed by atoms with van der Waals surface area (Å²) in [6.07, 6.45) is 2.86. The van der Waals surface area contributed by atoms with E-state index in [1.54, 1.807) is 13.8 Å². The molecular weight excluding hydrogens is 264 g/mol. The van der Waals surface area contributed by atoms with Gasteiger partial charge in [0.05, 0.1) is 5.54 Å². The Hall–Kier alpha value is -1.58. The van der Waals surface area contributed by atoms with Crippen molar-refractivity contribution >= 4 is 11.8 Å². The third-order valence-electron chi connectivity index (χ3n) is 4.23. The maximum Gasteiger partial charge on any atom is 0.249 e. The molecular formula is C17H28N2O2. The summed E-state index contributed by atoms with van der Waals surface area (Å²) in [5.41, 5.74) is 0.369. The number of piperidine rings is 1. The van der Waals surface area contributed by atoms with Gasteiger partial charge in [0, 0.05) is 23.2 Å². The van der Waals surface area contributed by atoms with Gasteiger partial charge >= 0.3 is 0 Å². The van der Waals surface area contributed by atoms with Crippen LogP contribution < -0.4 is 5.32 Å². The van der Waals surface area contributed by atoms with Gasteiger partial charge in [-0.3, -0.25) is 9.59 Å². The van der Waals surface area contributed by atoms with Crippen LogP contribution in [0.1, 0.15) is 53.9 Å². The number of rotatable bonds is 4. The molecule has 118 valence electrons. The zero-order valence-electron chi connectivity index (χ0n) is 14.0. The van der Waals surface area contributed by atoms with E-state index in [1.807, 2.05) is 11.8 Å². The van der Waals surface area contributed by atoms with Crippen molar-refractivity contribution in [3.63, 3.8) is 0 Å². The van der Waals surface area contributed by atoms with Gasteiger partial charge < -0.3 is 10.2 Å². The summed E-state index contributed by atoms with van der Waals surface area (Å²) < 4.78 is 0. The first-order chi connectivity index (χ1) is 9.51. The van der Waals surface area contributed by atoms with Crippen LogP contribution in [0.3, 0.4) is 0 Å². The van der Waals surface area contributed by atoms with Crippen LogP contribution in [0.5, 0.6) is 0 Å². The number of likely N-dealkylation sites (tertiary alicyclic amines) is 1. The highest BCUT2D eigenvalue weighted by molar-refractivity contribution is 5.94. The second-order valence-electron chi connectivity index (χ2n) is 7.05. The topological polar surface area (TPSA) is 49.4 Å². The molecule has 21 heavy (non-hydrogen) atoms. The van der Waals surface area contributed by atoms with Crippen LogP contribution in [0, 0.1) is 0 Å². The van der Waals surface area contributed by atoms with Crippen LogP contribution in [0.4, 0.5) is 0 Å². The summed E-state index contributed by atoms with van der Waals surface area (Å²) >= 11 is 0. The fourth-order valence-electron chi connectivity index (χ4n) is 3.16. The number of carbonyl (C=O) groups is 2. The summed E-state index contributed by atoms with van der Waals surface area (Å²) in [5.74, 6) is -0.200. The van der Waals surface area contributed by atoms with Gasteiger partial charge in [-0.25, -0.2) is 0 Å². The van der Waals surface area contributed by atoms with Gasteiger partial charge in [-0.1, -0.05) is 13.2 Å². The Kier molecular flexibility index (Phi) is 5.03. The molecule has 1 aliphatic heterocycles. The first kappa shape index (κ1) is 17.5. The Morgan fingerprint density at radius 2 is 1.67 bits per heavy atom. The van der Waals surface area contributed by atoms with E-state index >= 15 is 0 Å². The summed E-state index contributed by atoms with van der Waals surface area (Å²) in [6.45, 7) is 17.5. The van der Waals surface area contributed by atoms with E-state index in [-0.39, 0.29) is 17.4 Å². The van der Waals surface area contributed by atoms with Crippen molar-refractivity contribution in [1.29, 1.82) is 0 Å². The van der Waals surface area contributed by atoms with E-state index < -0.39 is 5.54 Å². The highest BCUT2D eigenvalue weighted by atomic mass is 16.2. The lowest BCUT2D eigenvalue weighted by Gasteiger charge is -2.54. The molecule has 0 aromatic carbocycles. The standard InChI is InChI=1S/C17H28N2O2/c1-12(2)14(20)18-11-17(7)10-8-9-16(5,6)19(17)15(21)13(3)4/h1,3,8-11H2,2,4-7H3,(H,18,20). The summed E-state index contributed by atoms with van der Waals surface area (Å²) in [4.78, 5) is 26.3. The predicted molar refractivity (Wildman–Crippen MR) is 85.8 cm³/mol. The molecule has 1 heterocycles. The molecule has 1 atom stereocenters. The molecule has 1 unspecified atom stereocenters. The van der Waals surface area contributed by atoms with E-state index in [9.17, 15) is 9.59 Å². The third kappa shape index (κ3) is 3.74. The molecule has 1 fully saturated rings. The molecule has 4 heteroatoms. The number of amides is 2. The quantitative estimate of drug-likeness (QED) is 0.810. The van der Waals surface area contributed by atoms with Crippen molar-refractivity contribution in [3.8, 4) is 0 Å². The smallest absolute Gasteiger partial charge is 0.249 e. The number of hydrogen-bond donors (Lipinski definition) is 1. The number of nitrogens with zero attached hydrogens (tertiary/aromatic N) is 1. The molecule has 0 aromatic rings. The van der Waals surface area contributed by atoms with Gasteiger partial charge in [-0.2, -0.15) is 0 Å². The van der Waals surface area contributed by atoms with Crippen molar-refractivity contribution in [2.75, 3.05) is 6.54 Å². The monoisotopic (exact) mass is 292 g/mol. The van der Waals surface area contributed by atoms with E-state index in [0.717, 1.165) is 19.3 Å². The largest absolute Gasteiger partial charge is 0.350 e. The van der Waals surface area contributed by atoms with Gasteiger partial charge in [0.1, 0.15) is 0 Å².